The maximum atomic E-state index is 11.9. The summed E-state index contributed by atoms with van der Waals surface area (Å²) in [5, 5.41) is 0. The molecule has 2 rings (SSSR count). The molecule has 2 amide bonds. The first-order chi connectivity index (χ1) is 12.5. The van der Waals surface area contributed by atoms with Gasteiger partial charge in [0.2, 0.25) is 5.91 Å². The number of hydrazine groups is 1. The predicted molar refractivity (Wildman–Crippen MR) is 99.0 cm³/mol. The molecule has 0 heterocycles. The molecule has 0 aliphatic carbocycles. The summed E-state index contributed by atoms with van der Waals surface area (Å²) in [7, 11) is 1.60. The van der Waals surface area contributed by atoms with Crippen molar-refractivity contribution in [2.45, 2.75) is 26.7 Å². The summed E-state index contributed by atoms with van der Waals surface area (Å²) < 4.78 is 10.6. The number of carbonyl (C=O) groups excluding carboxylic acids is 2. The molecule has 0 unspecified atom stereocenters. The third kappa shape index (κ3) is 6.12. The van der Waals surface area contributed by atoms with Gasteiger partial charge in [0, 0.05) is 6.42 Å². The van der Waals surface area contributed by atoms with Gasteiger partial charge >= 0.3 is 0 Å². The van der Waals surface area contributed by atoms with Crippen LogP contribution in [0, 0.1) is 13.8 Å². The van der Waals surface area contributed by atoms with E-state index in [0.29, 0.717) is 12.2 Å². The fourth-order valence-electron chi connectivity index (χ4n) is 2.33. The second-order valence-corrected chi connectivity index (χ2v) is 6.01. The van der Waals surface area contributed by atoms with Gasteiger partial charge in [0.05, 0.1) is 7.11 Å². The van der Waals surface area contributed by atoms with E-state index in [-0.39, 0.29) is 18.9 Å². The van der Waals surface area contributed by atoms with E-state index in [9.17, 15) is 9.59 Å². The van der Waals surface area contributed by atoms with Gasteiger partial charge in [0.25, 0.3) is 5.91 Å². The number of methoxy groups -OCH3 is 1. The van der Waals surface area contributed by atoms with Crippen LogP contribution in [0.3, 0.4) is 0 Å². The molecule has 2 aromatic carbocycles. The summed E-state index contributed by atoms with van der Waals surface area (Å²) in [5.74, 6) is 0.720. The van der Waals surface area contributed by atoms with Crippen LogP contribution in [0.15, 0.2) is 42.5 Å². The molecule has 2 aromatic rings. The zero-order valence-corrected chi connectivity index (χ0v) is 15.3. The Labute approximate surface area is 153 Å². The molecule has 138 valence electrons. The largest absolute Gasteiger partial charge is 0.497 e. The number of aryl methyl sites for hydroxylation is 3. The van der Waals surface area contributed by atoms with E-state index in [1.165, 1.54) is 0 Å². The van der Waals surface area contributed by atoms with Gasteiger partial charge < -0.3 is 9.47 Å². The average molecular weight is 356 g/mol. The van der Waals surface area contributed by atoms with E-state index in [4.69, 9.17) is 9.47 Å². The van der Waals surface area contributed by atoms with Crippen molar-refractivity contribution in [3.8, 4) is 11.5 Å². The maximum Gasteiger partial charge on any atom is 0.276 e. The van der Waals surface area contributed by atoms with Crippen LogP contribution in [0.2, 0.25) is 0 Å². The smallest absolute Gasteiger partial charge is 0.276 e. The van der Waals surface area contributed by atoms with Crippen molar-refractivity contribution in [1.29, 1.82) is 0 Å². The first-order valence-corrected chi connectivity index (χ1v) is 8.38. The average Bonchev–Trinajstić information content (AvgIpc) is 2.65. The number of ether oxygens (including phenoxy) is 2. The normalized spacial score (nSPS) is 10.1. The molecule has 0 aromatic heterocycles. The lowest BCUT2D eigenvalue weighted by Gasteiger charge is -2.11. The van der Waals surface area contributed by atoms with Crippen molar-refractivity contribution >= 4 is 11.8 Å². The highest BCUT2D eigenvalue weighted by Crippen LogP contribution is 2.18. The molecule has 0 bridgehead atoms. The first-order valence-electron chi connectivity index (χ1n) is 8.38. The van der Waals surface area contributed by atoms with E-state index in [1.807, 2.05) is 56.3 Å². The molecule has 0 saturated carbocycles. The molecule has 0 atom stereocenters. The summed E-state index contributed by atoms with van der Waals surface area (Å²) in [5.41, 5.74) is 7.74. The zero-order valence-electron chi connectivity index (χ0n) is 15.3. The molecule has 0 spiro atoms. The van der Waals surface area contributed by atoms with Gasteiger partial charge in [-0.1, -0.05) is 24.3 Å². The lowest BCUT2D eigenvalue weighted by Crippen LogP contribution is -2.43. The summed E-state index contributed by atoms with van der Waals surface area (Å²) >= 11 is 0. The van der Waals surface area contributed by atoms with Gasteiger partial charge in [-0.05, 0) is 55.2 Å². The standard InChI is InChI=1S/C20H24N2O4/c1-14-7-8-15(2)18(11-14)26-13-20(24)22-21-19(23)10-9-16-5-4-6-17(12-16)25-3/h4-8,11-12H,9-10,13H2,1-3H3,(H,21,23)(H,22,24). The third-order valence-electron chi connectivity index (χ3n) is 3.82. The van der Waals surface area contributed by atoms with Crippen LogP contribution >= 0.6 is 0 Å². The number of nitrogens with one attached hydrogen (secondary N) is 2. The van der Waals surface area contributed by atoms with Gasteiger partial charge in [-0.2, -0.15) is 0 Å². The van der Waals surface area contributed by atoms with E-state index in [1.54, 1.807) is 7.11 Å². The highest BCUT2D eigenvalue weighted by atomic mass is 16.5. The lowest BCUT2D eigenvalue weighted by molar-refractivity contribution is -0.130. The number of rotatable bonds is 7. The van der Waals surface area contributed by atoms with Gasteiger partial charge in [-0.3, -0.25) is 20.4 Å². The van der Waals surface area contributed by atoms with E-state index < -0.39 is 5.91 Å². The molecule has 0 aliphatic heterocycles. The van der Waals surface area contributed by atoms with Crippen molar-refractivity contribution in [1.82, 2.24) is 10.9 Å². The number of hydrogen-bond donors (Lipinski definition) is 2. The molecular formula is C20H24N2O4. The highest BCUT2D eigenvalue weighted by Gasteiger charge is 2.08. The van der Waals surface area contributed by atoms with Crippen molar-refractivity contribution in [3.63, 3.8) is 0 Å². The Morgan fingerprint density at radius 2 is 1.77 bits per heavy atom. The fourth-order valence-corrected chi connectivity index (χ4v) is 2.33. The Balaban J connectivity index is 1.71. The Kier molecular flexibility index (Phi) is 7.02. The molecule has 0 aliphatic rings. The van der Waals surface area contributed by atoms with Crippen LogP contribution in [0.1, 0.15) is 23.1 Å². The maximum absolute atomic E-state index is 11.9. The Hall–Kier alpha value is -3.02. The fraction of sp³-hybridized carbons (Fsp3) is 0.300. The molecule has 6 nitrogen and oxygen atoms in total. The van der Waals surface area contributed by atoms with Crippen LogP contribution in [0.4, 0.5) is 0 Å². The van der Waals surface area contributed by atoms with E-state index in [2.05, 4.69) is 10.9 Å². The molecule has 0 fully saturated rings. The zero-order chi connectivity index (χ0) is 18.9. The van der Waals surface area contributed by atoms with Crippen molar-refractivity contribution in [2.75, 3.05) is 13.7 Å². The number of benzene rings is 2. The van der Waals surface area contributed by atoms with Gasteiger partial charge in [0.1, 0.15) is 11.5 Å². The second-order valence-electron chi connectivity index (χ2n) is 6.01. The van der Waals surface area contributed by atoms with Crippen LogP contribution in [-0.4, -0.2) is 25.5 Å². The van der Waals surface area contributed by atoms with Crippen molar-refractivity contribution in [3.05, 3.63) is 59.2 Å². The van der Waals surface area contributed by atoms with E-state index >= 15 is 0 Å². The molecular weight excluding hydrogens is 332 g/mol. The van der Waals surface area contributed by atoms with Gasteiger partial charge in [-0.15, -0.1) is 0 Å². The first kappa shape index (κ1) is 19.3. The molecule has 2 N–H and O–H groups in total. The lowest BCUT2D eigenvalue weighted by atomic mass is 10.1. The summed E-state index contributed by atoms with van der Waals surface area (Å²) in [4.78, 5) is 23.7. The quantitative estimate of drug-likeness (QED) is 0.747. The Morgan fingerprint density at radius 3 is 2.54 bits per heavy atom. The predicted octanol–water partition coefficient (Wildman–Crippen LogP) is 2.47. The minimum atomic E-state index is -0.416. The van der Waals surface area contributed by atoms with Crippen LogP contribution in [0.25, 0.3) is 0 Å². The topological polar surface area (TPSA) is 76.7 Å². The monoisotopic (exact) mass is 356 g/mol. The molecule has 0 saturated heterocycles. The molecule has 0 radical (unpaired) electrons. The van der Waals surface area contributed by atoms with E-state index in [0.717, 1.165) is 22.4 Å². The summed E-state index contributed by atoms with van der Waals surface area (Å²) in [6.45, 7) is 3.70. The summed E-state index contributed by atoms with van der Waals surface area (Å²) in [6.07, 6.45) is 0.809. The SMILES string of the molecule is COc1cccc(CCC(=O)NNC(=O)COc2cc(C)ccc2C)c1. The molecule has 6 heteroatoms. The Morgan fingerprint density at radius 1 is 1.00 bits per heavy atom. The highest BCUT2D eigenvalue weighted by molar-refractivity contribution is 5.82. The summed E-state index contributed by atoms with van der Waals surface area (Å²) in [6, 6.07) is 13.3. The number of amides is 2. The number of hydrogen-bond acceptors (Lipinski definition) is 4. The van der Waals surface area contributed by atoms with Crippen molar-refractivity contribution in [2.24, 2.45) is 0 Å². The van der Waals surface area contributed by atoms with Crippen LogP contribution < -0.4 is 20.3 Å². The number of carbonyl (C=O) groups is 2. The molecule has 26 heavy (non-hydrogen) atoms. The van der Waals surface area contributed by atoms with Crippen LogP contribution in [0.5, 0.6) is 11.5 Å². The minimum absolute atomic E-state index is 0.166. The van der Waals surface area contributed by atoms with Gasteiger partial charge in [0.15, 0.2) is 6.61 Å². The third-order valence-corrected chi connectivity index (χ3v) is 3.82. The Bertz CT molecular complexity index is 774. The van der Waals surface area contributed by atoms with Crippen molar-refractivity contribution < 1.29 is 19.1 Å². The van der Waals surface area contributed by atoms with Gasteiger partial charge in [-0.25, -0.2) is 0 Å². The second kappa shape index (κ2) is 9.46. The minimum Gasteiger partial charge on any atom is -0.497 e. The van der Waals surface area contributed by atoms with Crippen LogP contribution in [-0.2, 0) is 16.0 Å².